The fourth-order valence-electron chi connectivity index (χ4n) is 3.97. The Bertz CT molecular complexity index is 1210. The van der Waals surface area contributed by atoms with Crippen LogP contribution in [-0.4, -0.2) is 41.9 Å². The first kappa shape index (κ1) is 24.8. The predicted molar refractivity (Wildman–Crippen MR) is 136 cm³/mol. The van der Waals surface area contributed by atoms with Crippen LogP contribution >= 0.6 is 0 Å². The normalized spacial score (nSPS) is 17.0. The van der Waals surface area contributed by atoms with Gasteiger partial charge in [0.05, 0.1) is 7.11 Å². The Kier molecular flexibility index (Phi) is 7.53. The zero-order chi connectivity index (χ0) is 25.5. The Hall–Kier alpha value is -4.33. The average Bonchev–Trinajstić information content (AvgIpc) is 3.11. The van der Waals surface area contributed by atoms with Crippen LogP contribution in [0, 0.1) is 0 Å². The Labute approximate surface area is 210 Å². The van der Waals surface area contributed by atoms with E-state index in [1.165, 1.54) is 0 Å². The number of aryl methyl sites for hydroxylation is 1. The number of carbonyl (C=O) groups is 3. The highest BCUT2D eigenvalue weighted by molar-refractivity contribution is 6.09. The van der Waals surface area contributed by atoms with Crippen LogP contribution in [-0.2, 0) is 22.6 Å². The maximum atomic E-state index is 13.0. The first-order valence-corrected chi connectivity index (χ1v) is 11.7. The summed E-state index contributed by atoms with van der Waals surface area (Å²) in [5.41, 5.74) is 1.54. The minimum atomic E-state index is -1.07. The summed E-state index contributed by atoms with van der Waals surface area (Å²) in [5, 5.41) is 5.47. The highest BCUT2D eigenvalue weighted by atomic mass is 16.5. The fraction of sp³-hybridized carbons (Fsp3) is 0.250. The molecule has 0 aliphatic carbocycles. The molecule has 1 saturated heterocycles. The van der Waals surface area contributed by atoms with Crippen molar-refractivity contribution < 1.29 is 23.9 Å². The van der Waals surface area contributed by atoms with Gasteiger partial charge in [-0.15, -0.1) is 0 Å². The number of nitrogens with one attached hydrogen (secondary N) is 2. The third-order valence-electron chi connectivity index (χ3n) is 6.11. The van der Waals surface area contributed by atoms with E-state index in [-0.39, 0.29) is 6.54 Å². The number of amides is 4. The van der Waals surface area contributed by atoms with E-state index in [1.807, 2.05) is 54.6 Å². The summed E-state index contributed by atoms with van der Waals surface area (Å²) in [6, 6.07) is 23.7. The molecule has 3 aromatic rings. The summed E-state index contributed by atoms with van der Waals surface area (Å²) in [5.74, 6) is 0.539. The zero-order valence-electron chi connectivity index (χ0n) is 20.3. The van der Waals surface area contributed by atoms with Crippen LogP contribution in [0.5, 0.6) is 11.5 Å². The van der Waals surface area contributed by atoms with Crippen molar-refractivity contribution in [2.24, 2.45) is 0 Å². The van der Waals surface area contributed by atoms with Gasteiger partial charge < -0.3 is 20.1 Å². The topological polar surface area (TPSA) is 97.0 Å². The molecule has 1 fully saturated rings. The van der Waals surface area contributed by atoms with E-state index in [4.69, 9.17) is 9.47 Å². The monoisotopic (exact) mass is 487 g/mol. The lowest BCUT2D eigenvalue weighted by Crippen LogP contribution is -2.45. The minimum Gasteiger partial charge on any atom is -0.497 e. The van der Waals surface area contributed by atoms with E-state index in [0.717, 1.165) is 21.8 Å². The van der Waals surface area contributed by atoms with Crippen molar-refractivity contribution in [2.45, 2.75) is 31.9 Å². The summed E-state index contributed by atoms with van der Waals surface area (Å²) >= 11 is 0. The van der Waals surface area contributed by atoms with Crippen LogP contribution in [0.15, 0.2) is 78.9 Å². The molecule has 3 aromatic carbocycles. The van der Waals surface area contributed by atoms with Crippen LogP contribution in [0.4, 0.5) is 10.5 Å². The number of ether oxygens (including phenoxy) is 2. The highest BCUT2D eigenvalue weighted by Gasteiger charge is 2.47. The molecule has 0 aromatic heterocycles. The highest BCUT2D eigenvalue weighted by Crippen LogP contribution is 2.24. The van der Waals surface area contributed by atoms with Gasteiger partial charge in [-0.1, -0.05) is 42.5 Å². The molecule has 4 amide bonds. The summed E-state index contributed by atoms with van der Waals surface area (Å²) in [6.07, 6.45) is 0.998. The van der Waals surface area contributed by atoms with E-state index < -0.39 is 23.4 Å². The number of nitrogens with zero attached hydrogens (tertiary/aromatic N) is 1. The smallest absolute Gasteiger partial charge is 0.325 e. The number of imide groups is 1. The van der Waals surface area contributed by atoms with Gasteiger partial charge in [-0.05, 0) is 67.3 Å². The summed E-state index contributed by atoms with van der Waals surface area (Å²) in [6.45, 7) is 1.76. The van der Waals surface area contributed by atoms with Crippen molar-refractivity contribution in [1.82, 2.24) is 10.2 Å². The molecule has 1 aliphatic rings. The van der Waals surface area contributed by atoms with Crippen LogP contribution < -0.4 is 20.1 Å². The molecule has 0 radical (unpaired) electrons. The van der Waals surface area contributed by atoms with E-state index in [0.29, 0.717) is 30.9 Å². The summed E-state index contributed by atoms with van der Waals surface area (Å²) in [4.78, 5) is 39.0. The van der Waals surface area contributed by atoms with Crippen molar-refractivity contribution in [3.8, 4) is 11.5 Å². The lowest BCUT2D eigenvalue weighted by molar-refractivity contribution is -0.133. The van der Waals surface area contributed by atoms with Gasteiger partial charge >= 0.3 is 6.03 Å². The SMILES string of the molecule is COc1ccc(CCC2(C)NC(=O)N(CC(=O)Nc3ccc(OCc4ccccc4)cc3)C2=O)cc1. The largest absolute Gasteiger partial charge is 0.497 e. The number of urea groups is 1. The summed E-state index contributed by atoms with van der Waals surface area (Å²) < 4.78 is 10.9. The molecule has 1 atom stereocenters. The van der Waals surface area contributed by atoms with Crippen molar-refractivity contribution in [1.29, 1.82) is 0 Å². The second kappa shape index (κ2) is 10.9. The van der Waals surface area contributed by atoms with Gasteiger partial charge in [-0.2, -0.15) is 0 Å². The summed E-state index contributed by atoms with van der Waals surface area (Å²) in [7, 11) is 1.60. The molecule has 1 aliphatic heterocycles. The Balaban J connectivity index is 1.28. The number of methoxy groups -OCH3 is 1. The van der Waals surface area contributed by atoms with Crippen LogP contribution in [0.3, 0.4) is 0 Å². The predicted octanol–water partition coefficient (Wildman–Crippen LogP) is 4.16. The molecule has 0 saturated carbocycles. The lowest BCUT2D eigenvalue weighted by Gasteiger charge is -2.21. The quantitative estimate of drug-likeness (QED) is 0.419. The molecular formula is C28H29N3O5. The molecule has 8 nitrogen and oxygen atoms in total. The maximum Gasteiger partial charge on any atom is 0.325 e. The van der Waals surface area contributed by atoms with Gasteiger partial charge in [0, 0.05) is 5.69 Å². The number of benzene rings is 3. The molecule has 0 bridgehead atoms. The molecule has 1 unspecified atom stereocenters. The van der Waals surface area contributed by atoms with Crippen molar-refractivity contribution in [3.63, 3.8) is 0 Å². The zero-order valence-corrected chi connectivity index (χ0v) is 20.3. The van der Waals surface area contributed by atoms with Gasteiger partial charge in [0.1, 0.15) is 30.2 Å². The van der Waals surface area contributed by atoms with Crippen molar-refractivity contribution >= 4 is 23.5 Å². The average molecular weight is 488 g/mol. The maximum absolute atomic E-state index is 13.0. The fourth-order valence-corrected chi connectivity index (χ4v) is 3.97. The first-order valence-electron chi connectivity index (χ1n) is 11.7. The molecule has 0 spiro atoms. The Morgan fingerprint density at radius 3 is 2.25 bits per heavy atom. The number of hydrogen-bond donors (Lipinski definition) is 2. The molecule has 2 N–H and O–H groups in total. The Morgan fingerprint density at radius 2 is 1.58 bits per heavy atom. The number of rotatable bonds is 10. The van der Waals surface area contributed by atoms with E-state index in [9.17, 15) is 14.4 Å². The second-order valence-electron chi connectivity index (χ2n) is 8.85. The van der Waals surface area contributed by atoms with E-state index in [2.05, 4.69) is 10.6 Å². The van der Waals surface area contributed by atoms with Crippen LogP contribution in [0.2, 0.25) is 0 Å². The third-order valence-corrected chi connectivity index (χ3v) is 6.11. The minimum absolute atomic E-state index is 0.366. The number of hydrogen-bond acceptors (Lipinski definition) is 5. The Morgan fingerprint density at radius 1 is 0.917 bits per heavy atom. The molecule has 186 valence electrons. The van der Waals surface area contributed by atoms with Crippen LogP contribution in [0.25, 0.3) is 0 Å². The molecule has 36 heavy (non-hydrogen) atoms. The van der Waals surface area contributed by atoms with Gasteiger partial charge in [0.25, 0.3) is 5.91 Å². The standard InChI is InChI=1S/C28H29N3O5/c1-28(17-16-20-8-12-23(35-2)13-9-20)26(33)31(27(34)30-28)18-25(32)29-22-10-14-24(15-11-22)36-19-21-6-4-3-5-7-21/h3-15H,16-19H2,1-2H3,(H,29,32)(H,30,34). The van der Waals surface area contributed by atoms with Gasteiger partial charge in [-0.3, -0.25) is 14.5 Å². The second-order valence-corrected chi connectivity index (χ2v) is 8.85. The molecule has 8 heteroatoms. The van der Waals surface area contributed by atoms with E-state index >= 15 is 0 Å². The molecular weight excluding hydrogens is 458 g/mol. The lowest BCUT2D eigenvalue weighted by atomic mass is 9.93. The molecule has 4 rings (SSSR count). The van der Waals surface area contributed by atoms with Gasteiger partial charge in [0.15, 0.2) is 0 Å². The van der Waals surface area contributed by atoms with Crippen molar-refractivity contribution in [3.05, 3.63) is 90.0 Å². The van der Waals surface area contributed by atoms with Gasteiger partial charge in [-0.25, -0.2) is 4.79 Å². The van der Waals surface area contributed by atoms with Crippen LogP contribution in [0.1, 0.15) is 24.5 Å². The third kappa shape index (κ3) is 6.02. The van der Waals surface area contributed by atoms with Gasteiger partial charge in [0.2, 0.25) is 5.91 Å². The molecule has 1 heterocycles. The van der Waals surface area contributed by atoms with Crippen molar-refractivity contribution in [2.75, 3.05) is 19.0 Å². The number of anilines is 1. The first-order chi connectivity index (χ1) is 17.4. The number of carbonyl (C=O) groups excluding carboxylic acids is 3. The van der Waals surface area contributed by atoms with E-state index in [1.54, 1.807) is 38.3 Å².